The van der Waals surface area contributed by atoms with E-state index >= 15 is 0 Å². The number of rotatable bonds is 6. The van der Waals surface area contributed by atoms with Crippen LogP contribution in [0.2, 0.25) is 0 Å². The Labute approximate surface area is 111 Å². The van der Waals surface area contributed by atoms with Gasteiger partial charge in [0, 0.05) is 12.5 Å². The van der Waals surface area contributed by atoms with Crippen LogP contribution in [0.4, 0.5) is 0 Å². The maximum Gasteiger partial charge on any atom is 0.325 e. The minimum Gasteiger partial charge on any atom is -0.480 e. The fourth-order valence-corrected chi connectivity index (χ4v) is 2.08. The average Bonchev–Trinajstić information content (AvgIpc) is 3.11. The largest absolute Gasteiger partial charge is 0.480 e. The summed E-state index contributed by atoms with van der Waals surface area (Å²) in [7, 11) is 0. The smallest absolute Gasteiger partial charge is 0.325 e. The van der Waals surface area contributed by atoms with Gasteiger partial charge in [0.25, 0.3) is 5.91 Å². The van der Waals surface area contributed by atoms with Gasteiger partial charge in [-0.1, -0.05) is 6.92 Å². The Bertz CT molecular complexity index is 491. The number of carbonyl (C=O) groups is 2. The highest BCUT2D eigenvalue weighted by Crippen LogP contribution is 2.41. The van der Waals surface area contributed by atoms with E-state index in [0.717, 1.165) is 31.5 Å². The van der Waals surface area contributed by atoms with Crippen LogP contribution in [0.25, 0.3) is 0 Å². The van der Waals surface area contributed by atoms with Crippen molar-refractivity contribution < 1.29 is 14.7 Å². The Kier molecular flexibility index (Phi) is 3.87. The van der Waals surface area contributed by atoms with Gasteiger partial charge >= 0.3 is 5.97 Å². The third kappa shape index (κ3) is 2.94. The number of aryl methyl sites for hydroxylation is 1. The van der Waals surface area contributed by atoms with Crippen molar-refractivity contribution in [3.63, 3.8) is 0 Å². The zero-order chi connectivity index (χ0) is 14.0. The molecule has 1 amide bonds. The number of nitrogens with zero attached hydrogens (tertiary/aromatic N) is 2. The van der Waals surface area contributed by atoms with Gasteiger partial charge in [0.1, 0.15) is 6.04 Å². The summed E-state index contributed by atoms with van der Waals surface area (Å²) in [5.41, 5.74) is 1.47. The molecule has 1 saturated carbocycles. The minimum absolute atomic E-state index is 0.348. The van der Waals surface area contributed by atoms with Gasteiger partial charge in [-0.15, -0.1) is 0 Å². The van der Waals surface area contributed by atoms with Crippen LogP contribution in [0, 0.1) is 0 Å². The second-order valence-corrected chi connectivity index (χ2v) is 4.97. The molecule has 1 aliphatic rings. The molecule has 0 aliphatic heterocycles. The fourth-order valence-electron chi connectivity index (χ4n) is 2.08. The summed E-state index contributed by atoms with van der Waals surface area (Å²) in [6.07, 6.45) is 4.65. The Balaban J connectivity index is 2.19. The number of carbonyl (C=O) groups excluding carboxylic acids is 1. The summed E-state index contributed by atoms with van der Waals surface area (Å²) < 4.78 is 1.87. The first-order valence-electron chi connectivity index (χ1n) is 6.64. The minimum atomic E-state index is -1.04. The first kappa shape index (κ1) is 13.6. The molecule has 104 valence electrons. The zero-order valence-corrected chi connectivity index (χ0v) is 11.2. The summed E-state index contributed by atoms with van der Waals surface area (Å²) >= 11 is 0. The maximum absolute atomic E-state index is 12.1. The van der Waals surface area contributed by atoms with Crippen LogP contribution >= 0.6 is 0 Å². The van der Waals surface area contributed by atoms with Crippen molar-refractivity contribution in [1.82, 2.24) is 15.1 Å². The Morgan fingerprint density at radius 1 is 1.58 bits per heavy atom. The topological polar surface area (TPSA) is 84.2 Å². The molecule has 2 N–H and O–H groups in total. The van der Waals surface area contributed by atoms with Crippen molar-refractivity contribution in [2.45, 2.75) is 51.6 Å². The van der Waals surface area contributed by atoms with Gasteiger partial charge in [-0.2, -0.15) is 5.10 Å². The number of carboxylic acids is 1. The van der Waals surface area contributed by atoms with Crippen LogP contribution < -0.4 is 5.32 Å². The van der Waals surface area contributed by atoms with E-state index in [0.29, 0.717) is 11.5 Å². The van der Waals surface area contributed by atoms with E-state index in [1.807, 2.05) is 4.68 Å². The van der Waals surface area contributed by atoms with E-state index < -0.39 is 12.0 Å². The van der Waals surface area contributed by atoms with E-state index in [-0.39, 0.29) is 5.91 Å². The molecule has 6 heteroatoms. The van der Waals surface area contributed by atoms with Gasteiger partial charge in [0.15, 0.2) is 0 Å². The van der Waals surface area contributed by atoms with Gasteiger partial charge in [-0.25, -0.2) is 0 Å². The maximum atomic E-state index is 12.1. The first-order valence-corrected chi connectivity index (χ1v) is 6.64. The molecule has 6 nitrogen and oxygen atoms in total. The Morgan fingerprint density at radius 2 is 2.26 bits per heavy atom. The molecular formula is C13H19N3O3. The second-order valence-electron chi connectivity index (χ2n) is 4.97. The van der Waals surface area contributed by atoms with Gasteiger partial charge in [-0.05, 0) is 26.2 Å². The third-order valence-corrected chi connectivity index (χ3v) is 3.24. The quantitative estimate of drug-likeness (QED) is 0.813. The highest BCUT2D eigenvalue weighted by atomic mass is 16.4. The predicted molar refractivity (Wildman–Crippen MR) is 69.1 cm³/mol. The van der Waals surface area contributed by atoms with Crippen LogP contribution in [0.5, 0.6) is 0 Å². The van der Waals surface area contributed by atoms with Crippen molar-refractivity contribution in [3.8, 4) is 0 Å². The number of carboxylic acid groups (broad SMARTS) is 1. The predicted octanol–water partition coefficient (Wildman–Crippen LogP) is 1.37. The molecular weight excluding hydrogens is 246 g/mol. The standard InChI is InChI=1S/C13H19N3O3/c1-3-6-16-11(9-4-5-9)10(7-14-16)12(17)15-8(2)13(18)19/h7-9H,3-6H2,1-2H3,(H,15,17)(H,18,19). The molecule has 1 unspecified atom stereocenters. The third-order valence-electron chi connectivity index (χ3n) is 3.24. The monoisotopic (exact) mass is 265 g/mol. The van der Waals surface area contributed by atoms with Crippen molar-refractivity contribution >= 4 is 11.9 Å². The van der Waals surface area contributed by atoms with Crippen LogP contribution in [0.3, 0.4) is 0 Å². The van der Waals surface area contributed by atoms with Crippen molar-refractivity contribution in [1.29, 1.82) is 0 Å². The van der Waals surface area contributed by atoms with Gasteiger partial charge in [0.2, 0.25) is 0 Å². The molecule has 0 aromatic carbocycles. The Morgan fingerprint density at radius 3 is 2.79 bits per heavy atom. The summed E-state index contributed by atoms with van der Waals surface area (Å²) in [5, 5.41) is 15.6. The number of hydrogen-bond acceptors (Lipinski definition) is 3. The summed E-state index contributed by atoms with van der Waals surface area (Å²) in [4.78, 5) is 22.9. The molecule has 0 saturated heterocycles. The molecule has 19 heavy (non-hydrogen) atoms. The second kappa shape index (κ2) is 5.42. The molecule has 0 spiro atoms. The lowest BCUT2D eigenvalue weighted by Crippen LogP contribution is -2.38. The van der Waals surface area contributed by atoms with E-state index in [4.69, 9.17) is 5.11 Å². The molecule has 1 fully saturated rings. The molecule has 1 aromatic heterocycles. The molecule has 1 atom stereocenters. The normalized spacial score (nSPS) is 16.1. The highest BCUT2D eigenvalue weighted by Gasteiger charge is 2.32. The van der Waals surface area contributed by atoms with E-state index in [9.17, 15) is 9.59 Å². The summed E-state index contributed by atoms with van der Waals surface area (Å²) in [5.74, 6) is -0.989. The van der Waals surface area contributed by atoms with Crippen LogP contribution in [0.15, 0.2) is 6.20 Å². The Hall–Kier alpha value is -1.85. The lowest BCUT2D eigenvalue weighted by atomic mass is 10.1. The number of aromatic nitrogens is 2. The van der Waals surface area contributed by atoms with Gasteiger partial charge in [-0.3, -0.25) is 14.3 Å². The van der Waals surface area contributed by atoms with Crippen LogP contribution in [-0.2, 0) is 11.3 Å². The van der Waals surface area contributed by atoms with Crippen molar-refractivity contribution in [3.05, 3.63) is 17.5 Å². The molecule has 0 radical (unpaired) electrons. The SMILES string of the molecule is CCCn1ncc(C(=O)NC(C)C(=O)O)c1C1CC1. The highest BCUT2D eigenvalue weighted by molar-refractivity contribution is 5.97. The fraction of sp³-hybridized carbons (Fsp3) is 0.615. The summed E-state index contributed by atoms with van der Waals surface area (Å²) in [6.45, 7) is 4.30. The van der Waals surface area contributed by atoms with Gasteiger partial charge < -0.3 is 10.4 Å². The molecule has 1 aromatic rings. The van der Waals surface area contributed by atoms with E-state index in [1.165, 1.54) is 6.92 Å². The van der Waals surface area contributed by atoms with Crippen LogP contribution in [0.1, 0.15) is 55.1 Å². The molecule has 1 aliphatic carbocycles. The van der Waals surface area contributed by atoms with Crippen molar-refractivity contribution in [2.75, 3.05) is 0 Å². The summed E-state index contributed by atoms with van der Waals surface area (Å²) in [6, 6.07) is -0.894. The first-order chi connectivity index (χ1) is 9.04. The number of amides is 1. The van der Waals surface area contributed by atoms with Gasteiger partial charge in [0.05, 0.1) is 17.5 Å². The van der Waals surface area contributed by atoms with E-state index in [2.05, 4.69) is 17.3 Å². The number of nitrogens with one attached hydrogen (secondary N) is 1. The number of hydrogen-bond donors (Lipinski definition) is 2. The zero-order valence-electron chi connectivity index (χ0n) is 11.2. The van der Waals surface area contributed by atoms with Crippen LogP contribution in [-0.4, -0.2) is 32.8 Å². The van der Waals surface area contributed by atoms with Crippen molar-refractivity contribution in [2.24, 2.45) is 0 Å². The van der Waals surface area contributed by atoms with E-state index in [1.54, 1.807) is 6.20 Å². The molecule has 1 heterocycles. The molecule has 0 bridgehead atoms. The lowest BCUT2D eigenvalue weighted by molar-refractivity contribution is -0.138. The average molecular weight is 265 g/mol. The lowest BCUT2D eigenvalue weighted by Gasteiger charge is -2.10. The molecule has 2 rings (SSSR count). The number of aliphatic carboxylic acids is 1.